The number of nitrogens with zero attached hydrogens (tertiary/aromatic N) is 2. The summed E-state index contributed by atoms with van der Waals surface area (Å²) in [5.41, 5.74) is 7.12. The molecule has 2 aromatic rings. The van der Waals surface area contributed by atoms with E-state index in [4.69, 9.17) is 15.2 Å². The van der Waals surface area contributed by atoms with Crippen LogP contribution in [0.25, 0.3) is 6.08 Å². The quantitative estimate of drug-likeness (QED) is 0.389. The Kier molecular flexibility index (Phi) is 10.6. The number of hydrogen-bond donors (Lipinski definition) is 1. The molecule has 0 aliphatic heterocycles. The molecule has 3 rings (SSSR count). The van der Waals surface area contributed by atoms with Crippen molar-refractivity contribution in [2.75, 3.05) is 6.79 Å². The average molecular weight is 456 g/mol. The van der Waals surface area contributed by atoms with E-state index in [1.807, 2.05) is 35.0 Å². The average Bonchev–Trinajstić information content (AvgIpc) is 3.21. The fourth-order valence-electron chi connectivity index (χ4n) is 3.21. The normalized spacial score (nSPS) is 15.0. The summed E-state index contributed by atoms with van der Waals surface area (Å²) in [6.45, 7) is 0.310. The molecule has 0 saturated heterocycles. The van der Waals surface area contributed by atoms with Gasteiger partial charge in [-0.3, -0.25) is 0 Å². The minimum Gasteiger partial charge on any atom is -0.426 e. The monoisotopic (exact) mass is 455 g/mol. The Morgan fingerprint density at radius 3 is 2.43 bits per heavy atom. The third-order valence-electron chi connectivity index (χ3n) is 4.86. The van der Waals surface area contributed by atoms with Crippen LogP contribution in [-0.2, 0) is 25.6 Å². The minimum atomic E-state index is -0.945. The standard InChI is InChI=1S/C21H25N3O4.2ClH/c22-21(10-2-1-3-11-21)20(26)28-16-27-19(25)9-8-17-4-6-18(7-5-17)14-24-13-12-23-15-24;;/h4-9,12-13,15H,1-3,10-11,14,16,22H2;2*1H/b9-8+;;. The Morgan fingerprint density at radius 1 is 1.10 bits per heavy atom. The molecular weight excluding hydrogens is 429 g/mol. The molecule has 164 valence electrons. The third-order valence-corrected chi connectivity index (χ3v) is 4.86. The molecule has 0 bridgehead atoms. The molecular formula is C21H27Cl2N3O4. The van der Waals surface area contributed by atoms with Gasteiger partial charge in [-0.15, -0.1) is 24.8 Å². The van der Waals surface area contributed by atoms with Crippen LogP contribution in [0, 0.1) is 0 Å². The van der Waals surface area contributed by atoms with Gasteiger partial charge in [-0.05, 0) is 30.0 Å². The van der Waals surface area contributed by atoms with E-state index in [2.05, 4.69) is 4.98 Å². The molecule has 1 heterocycles. The minimum absolute atomic E-state index is 0. The van der Waals surface area contributed by atoms with Gasteiger partial charge in [0.25, 0.3) is 0 Å². The van der Waals surface area contributed by atoms with E-state index >= 15 is 0 Å². The highest BCUT2D eigenvalue weighted by Gasteiger charge is 2.36. The summed E-state index contributed by atoms with van der Waals surface area (Å²) in [5, 5.41) is 0. The molecule has 0 atom stereocenters. The lowest BCUT2D eigenvalue weighted by atomic mass is 9.83. The molecule has 2 N–H and O–H groups in total. The van der Waals surface area contributed by atoms with Gasteiger partial charge >= 0.3 is 11.9 Å². The molecule has 1 aromatic carbocycles. The van der Waals surface area contributed by atoms with Crippen molar-refractivity contribution >= 4 is 42.8 Å². The summed E-state index contributed by atoms with van der Waals surface area (Å²) in [6.07, 6.45) is 12.5. The van der Waals surface area contributed by atoms with Crippen molar-refractivity contribution in [2.45, 2.75) is 44.2 Å². The highest BCUT2D eigenvalue weighted by Crippen LogP contribution is 2.26. The maximum atomic E-state index is 12.1. The number of ether oxygens (including phenoxy) is 2. The summed E-state index contributed by atoms with van der Waals surface area (Å²) < 4.78 is 11.9. The Labute approximate surface area is 188 Å². The molecule has 1 aromatic heterocycles. The molecule has 0 amide bonds. The first-order valence-corrected chi connectivity index (χ1v) is 9.41. The number of aromatic nitrogens is 2. The van der Waals surface area contributed by atoms with Crippen LogP contribution in [0.4, 0.5) is 0 Å². The third kappa shape index (κ3) is 7.48. The van der Waals surface area contributed by atoms with Crippen LogP contribution < -0.4 is 5.73 Å². The SMILES string of the molecule is Cl.Cl.NC1(C(=O)OCOC(=O)/C=C/c2ccc(Cn3ccnc3)cc2)CCCCC1. The van der Waals surface area contributed by atoms with E-state index in [9.17, 15) is 9.59 Å². The number of nitrogens with two attached hydrogens (primary N) is 1. The van der Waals surface area contributed by atoms with Crippen LogP contribution in [0.3, 0.4) is 0 Å². The van der Waals surface area contributed by atoms with Crippen molar-refractivity contribution < 1.29 is 19.1 Å². The summed E-state index contributed by atoms with van der Waals surface area (Å²) in [6, 6.07) is 7.80. The number of esters is 2. The molecule has 1 aliphatic carbocycles. The Balaban J connectivity index is 0.00000225. The first-order valence-electron chi connectivity index (χ1n) is 9.41. The second-order valence-electron chi connectivity index (χ2n) is 7.04. The van der Waals surface area contributed by atoms with Gasteiger partial charge in [-0.2, -0.15) is 0 Å². The van der Waals surface area contributed by atoms with Crippen LogP contribution >= 0.6 is 24.8 Å². The van der Waals surface area contributed by atoms with Crippen molar-refractivity contribution in [1.29, 1.82) is 0 Å². The lowest BCUT2D eigenvalue weighted by molar-refractivity contribution is -0.169. The second kappa shape index (κ2) is 12.4. The van der Waals surface area contributed by atoms with Crippen molar-refractivity contribution in [3.8, 4) is 0 Å². The number of imidazole rings is 1. The van der Waals surface area contributed by atoms with Crippen LogP contribution in [0.15, 0.2) is 49.1 Å². The predicted molar refractivity (Wildman–Crippen MR) is 118 cm³/mol. The van der Waals surface area contributed by atoms with Gasteiger partial charge in [0, 0.05) is 25.0 Å². The van der Waals surface area contributed by atoms with Crippen molar-refractivity contribution in [2.24, 2.45) is 5.73 Å². The zero-order valence-electron chi connectivity index (χ0n) is 16.6. The number of carbonyl (C=O) groups excluding carboxylic acids is 2. The van der Waals surface area contributed by atoms with Gasteiger partial charge in [0.1, 0.15) is 5.54 Å². The van der Waals surface area contributed by atoms with E-state index in [0.717, 1.165) is 36.9 Å². The van der Waals surface area contributed by atoms with E-state index in [-0.39, 0.29) is 24.8 Å². The van der Waals surface area contributed by atoms with Crippen LogP contribution in [-0.4, -0.2) is 33.8 Å². The van der Waals surface area contributed by atoms with E-state index in [0.29, 0.717) is 12.8 Å². The number of halogens is 2. The molecule has 9 heteroatoms. The van der Waals surface area contributed by atoms with Crippen LogP contribution in [0.1, 0.15) is 43.2 Å². The first-order chi connectivity index (χ1) is 13.5. The Morgan fingerprint density at radius 2 is 1.80 bits per heavy atom. The van der Waals surface area contributed by atoms with Gasteiger partial charge in [0.2, 0.25) is 6.79 Å². The van der Waals surface area contributed by atoms with E-state index < -0.39 is 24.3 Å². The zero-order valence-corrected chi connectivity index (χ0v) is 18.2. The maximum Gasteiger partial charge on any atom is 0.333 e. The maximum absolute atomic E-state index is 12.1. The van der Waals surface area contributed by atoms with Gasteiger partial charge < -0.3 is 19.8 Å². The molecule has 0 radical (unpaired) electrons. The van der Waals surface area contributed by atoms with Crippen molar-refractivity contribution in [3.63, 3.8) is 0 Å². The topological polar surface area (TPSA) is 96.4 Å². The Bertz CT molecular complexity index is 817. The molecule has 1 fully saturated rings. The number of hydrogen-bond acceptors (Lipinski definition) is 6. The van der Waals surface area contributed by atoms with Crippen molar-refractivity contribution in [3.05, 3.63) is 60.2 Å². The van der Waals surface area contributed by atoms with Gasteiger partial charge in [-0.1, -0.05) is 43.5 Å². The van der Waals surface area contributed by atoms with Crippen LogP contribution in [0.5, 0.6) is 0 Å². The highest BCUT2D eigenvalue weighted by molar-refractivity contribution is 5.87. The van der Waals surface area contributed by atoms with E-state index in [1.165, 1.54) is 6.08 Å². The lowest BCUT2D eigenvalue weighted by Crippen LogP contribution is -2.50. The molecule has 1 saturated carbocycles. The van der Waals surface area contributed by atoms with E-state index in [1.54, 1.807) is 18.6 Å². The fraction of sp³-hybridized carbons (Fsp3) is 0.381. The van der Waals surface area contributed by atoms with Crippen molar-refractivity contribution in [1.82, 2.24) is 9.55 Å². The number of rotatable bonds is 7. The molecule has 30 heavy (non-hydrogen) atoms. The predicted octanol–water partition coefficient (Wildman–Crippen LogP) is 3.49. The highest BCUT2D eigenvalue weighted by atomic mass is 35.5. The summed E-state index contributed by atoms with van der Waals surface area (Å²) in [7, 11) is 0. The largest absolute Gasteiger partial charge is 0.426 e. The van der Waals surface area contributed by atoms with Gasteiger partial charge in [0.05, 0.1) is 6.33 Å². The smallest absolute Gasteiger partial charge is 0.333 e. The first kappa shape index (κ1) is 25.7. The molecule has 7 nitrogen and oxygen atoms in total. The summed E-state index contributed by atoms with van der Waals surface area (Å²) in [5.74, 6) is -1.08. The number of carbonyl (C=O) groups is 2. The molecule has 0 spiro atoms. The van der Waals surface area contributed by atoms with Gasteiger partial charge in [0.15, 0.2) is 0 Å². The molecule has 0 unspecified atom stereocenters. The Hall–Kier alpha value is -2.35. The fourth-order valence-corrected chi connectivity index (χ4v) is 3.21. The summed E-state index contributed by atoms with van der Waals surface area (Å²) >= 11 is 0. The number of benzene rings is 1. The second-order valence-corrected chi connectivity index (χ2v) is 7.04. The molecule has 1 aliphatic rings. The zero-order chi connectivity index (χ0) is 19.8. The summed E-state index contributed by atoms with van der Waals surface area (Å²) in [4.78, 5) is 27.9. The lowest BCUT2D eigenvalue weighted by Gasteiger charge is -2.30. The van der Waals surface area contributed by atoms with Crippen LogP contribution in [0.2, 0.25) is 0 Å². The van der Waals surface area contributed by atoms with Gasteiger partial charge in [-0.25, -0.2) is 14.6 Å².